The monoisotopic (exact) mass is 405 g/mol. The predicted octanol–water partition coefficient (Wildman–Crippen LogP) is 1.86. The van der Waals surface area contributed by atoms with E-state index in [9.17, 15) is 4.79 Å². The Morgan fingerprint density at radius 3 is 2.93 bits per heavy atom. The number of nitrogens with zero attached hydrogens (tertiary/aromatic N) is 5. The van der Waals surface area contributed by atoms with Crippen LogP contribution in [0.2, 0.25) is 0 Å². The first kappa shape index (κ1) is 18.3. The van der Waals surface area contributed by atoms with Gasteiger partial charge in [-0.05, 0) is 25.5 Å². The fourth-order valence-electron chi connectivity index (χ4n) is 3.45. The number of oxazole rings is 1. The van der Waals surface area contributed by atoms with E-state index in [0.29, 0.717) is 24.6 Å². The van der Waals surface area contributed by atoms with Crippen molar-refractivity contribution < 1.29 is 13.9 Å². The second-order valence-corrected chi connectivity index (χ2v) is 7.07. The van der Waals surface area contributed by atoms with Crippen LogP contribution in [0.25, 0.3) is 28.5 Å². The lowest BCUT2D eigenvalue weighted by Gasteiger charge is -2.14. The van der Waals surface area contributed by atoms with Crippen molar-refractivity contribution in [3.63, 3.8) is 0 Å². The summed E-state index contributed by atoms with van der Waals surface area (Å²) < 4.78 is 12.7. The van der Waals surface area contributed by atoms with Crippen LogP contribution in [0.4, 0.5) is 5.82 Å². The molecule has 1 unspecified atom stereocenters. The number of hydrogen-bond acceptors (Lipinski definition) is 8. The van der Waals surface area contributed by atoms with Crippen LogP contribution in [0, 0.1) is 6.92 Å². The molecule has 3 N–H and O–H groups in total. The average Bonchev–Trinajstić information content (AvgIpc) is 3.51. The van der Waals surface area contributed by atoms with Crippen molar-refractivity contribution in [2.24, 2.45) is 0 Å². The third kappa shape index (κ3) is 3.16. The van der Waals surface area contributed by atoms with Gasteiger partial charge in [-0.15, -0.1) is 0 Å². The number of aryl methyl sites for hydroxylation is 1. The Bertz CT molecular complexity index is 1230. The SMILES string of the molecule is Cc1cnc2ccc(-c3nc(C(=O)NC4CCOC4)c(N)nc3-c3ncco3)cn12. The van der Waals surface area contributed by atoms with Gasteiger partial charge in [0.25, 0.3) is 5.91 Å². The molecule has 1 aliphatic rings. The van der Waals surface area contributed by atoms with Gasteiger partial charge in [-0.25, -0.2) is 19.9 Å². The molecular formula is C20H19N7O3. The van der Waals surface area contributed by atoms with E-state index in [0.717, 1.165) is 23.3 Å². The highest BCUT2D eigenvalue weighted by atomic mass is 16.5. The molecule has 4 aromatic rings. The number of nitrogen functional groups attached to an aromatic ring is 1. The number of nitrogens with two attached hydrogens (primary N) is 1. The largest absolute Gasteiger partial charge is 0.443 e. The summed E-state index contributed by atoms with van der Waals surface area (Å²) in [6, 6.07) is 3.66. The molecule has 1 amide bonds. The number of pyridine rings is 1. The summed E-state index contributed by atoms with van der Waals surface area (Å²) in [6.07, 6.45) is 7.38. The van der Waals surface area contributed by atoms with Gasteiger partial charge in [0.15, 0.2) is 17.2 Å². The molecule has 10 heteroatoms. The standard InChI is InChI=1S/C20H19N7O3/c1-11-8-23-14-3-2-12(9-27(11)14)15-16(20-22-5-7-30-20)26-18(21)17(25-15)19(28)24-13-4-6-29-10-13/h2-3,5,7-9,13H,4,6,10H2,1H3,(H2,21,26)(H,24,28). The summed E-state index contributed by atoms with van der Waals surface area (Å²) >= 11 is 0. The van der Waals surface area contributed by atoms with E-state index in [1.807, 2.05) is 29.7 Å². The minimum absolute atomic E-state index is 0.00301. The first-order chi connectivity index (χ1) is 14.6. The lowest BCUT2D eigenvalue weighted by atomic mass is 10.1. The molecule has 5 rings (SSSR count). The van der Waals surface area contributed by atoms with Crippen LogP contribution in [-0.4, -0.2) is 49.5 Å². The quantitative estimate of drug-likeness (QED) is 0.525. The third-order valence-corrected chi connectivity index (χ3v) is 5.00. The number of nitrogens with one attached hydrogen (secondary N) is 1. The fourth-order valence-corrected chi connectivity index (χ4v) is 3.45. The van der Waals surface area contributed by atoms with Crippen LogP contribution in [0.3, 0.4) is 0 Å². The number of hydrogen-bond donors (Lipinski definition) is 2. The first-order valence-electron chi connectivity index (χ1n) is 9.50. The molecule has 4 aromatic heterocycles. The number of anilines is 1. The lowest BCUT2D eigenvalue weighted by molar-refractivity contribution is 0.0925. The number of rotatable bonds is 4. The topological polar surface area (TPSA) is 133 Å². The molecule has 30 heavy (non-hydrogen) atoms. The van der Waals surface area contributed by atoms with E-state index in [2.05, 4.69) is 25.3 Å². The Labute approximate surface area is 171 Å². The second-order valence-electron chi connectivity index (χ2n) is 7.07. The summed E-state index contributed by atoms with van der Waals surface area (Å²) in [7, 11) is 0. The van der Waals surface area contributed by atoms with Crippen molar-refractivity contribution in [3.8, 4) is 22.8 Å². The molecule has 1 fully saturated rings. The first-order valence-corrected chi connectivity index (χ1v) is 9.50. The fraction of sp³-hybridized carbons (Fsp3) is 0.250. The molecular weight excluding hydrogens is 386 g/mol. The van der Waals surface area contributed by atoms with Crippen LogP contribution in [0.15, 0.2) is 41.4 Å². The predicted molar refractivity (Wildman–Crippen MR) is 108 cm³/mol. The van der Waals surface area contributed by atoms with E-state index in [1.165, 1.54) is 12.5 Å². The maximum absolute atomic E-state index is 12.8. The molecule has 1 saturated heterocycles. The van der Waals surface area contributed by atoms with Crippen molar-refractivity contribution in [2.45, 2.75) is 19.4 Å². The Morgan fingerprint density at radius 2 is 2.17 bits per heavy atom. The molecule has 10 nitrogen and oxygen atoms in total. The van der Waals surface area contributed by atoms with Gasteiger partial charge in [0.1, 0.15) is 17.6 Å². The second kappa shape index (κ2) is 7.23. The van der Waals surface area contributed by atoms with Crippen molar-refractivity contribution >= 4 is 17.4 Å². The molecule has 0 bridgehead atoms. The van der Waals surface area contributed by atoms with Gasteiger partial charge in [-0.2, -0.15) is 0 Å². The minimum Gasteiger partial charge on any atom is -0.443 e. The highest BCUT2D eigenvalue weighted by molar-refractivity contribution is 5.98. The zero-order chi connectivity index (χ0) is 20.7. The number of imidazole rings is 1. The number of ether oxygens (including phenoxy) is 1. The molecule has 152 valence electrons. The molecule has 0 aliphatic carbocycles. The van der Waals surface area contributed by atoms with Crippen LogP contribution in [-0.2, 0) is 4.74 Å². The van der Waals surface area contributed by atoms with Crippen molar-refractivity contribution in [1.29, 1.82) is 0 Å². The summed E-state index contributed by atoms with van der Waals surface area (Å²) in [5.74, 6) is -0.123. The molecule has 5 heterocycles. The van der Waals surface area contributed by atoms with Gasteiger partial charge in [-0.1, -0.05) is 0 Å². The van der Waals surface area contributed by atoms with E-state index >= 15 is 0 Å². The molecule has 1 atom stereocenters. The van der Waals surface area contributed by atoms with Gasteiger partial charge in [0, 0.05) is 30.3 Å². The Morgan fingerprint density at radius 1 is 1.27 bits per heavy atom. The van der Waals surface area contributed by atoms with Crippen LogP contribution >= 0.6 is 0 Å². The smallest absolute Gasteiger partial charge is 0.274 e. The molecule has 1 aliphatic heterocycles. The van der Waals surface area contributed by atoms with Crippen LogP contribution in [0.1, 0.15) is 22.6 Å². The van der Waals surface area contributed by atoms with E-state index < -0.39 is 5.91 Å². The Hall–Kier alpha value is -3.79. The molecule has 0 aromatic carbocycles. The molecule has 0 radical (unpaired) electrons. The number of carbonyl (C=O) groups excluding carboxylic acids is 1. The Kier molecular flexibility index (Phi) is 4.40. The maximum atomic E-state index is 12.8. The summed E-state index contributed by atoms with van der Waals surface area (Å²) in [5.41, 5.74) is 9.44. The highest BCUT2D eigenvalue weighted by Crippen LogP contribution is 2.30. The van der Waals surface area contributed by atoms with Gasteiger partial charge in [0.05, 0.1) is 18.8 Å². The maximum Gasteiger partial charge on any atom is 0.274 e. The van der Waals surface area contributed by atoms with Crippen molar-refractivity contribution in [3.05, 3.63) is 48.4 Å². The number of aromatic nitrogens is 5. The van der Waals surface area contributed by atoms with E-state index in [4.69, 9.17) is 14.9 Å². The molecule has 0 spiro atoms. The summed E-state index contributed by atoms with van der Waals surface area (Å²) in [6.45, 7) is 3.04. The summed E-state index contributed by atoms with van der Waals surface area (Å²) in [5, 5.41) is 2.90. The van der Waals surface area contributed by atoms with Crippen LogP contribution in [0.5, 0.6) is 0 Å². The Balaban J connectivity index is 1.64. The number of amides is 1. The van der Waals surface area contributed by atoms with Gasteiger partial charge in [-0.3, -0.25) is 4.79 Å². The van der Waals surface area contributed by atoms with Crippen molar-refractivity contribution in [1.82, 2.24) is 29.7 Å². The summed E-state index contributed by atoms with van der Waals surface area (Å²) in [4.78, 5) is 30.4. The van der Waals surface area contributed by atoms with Gasteiger partial charge >= 0.3 is 0 Å². The van der Waals surface area contributed by atoms with Crippen molar-refractivity contribution in [2.75, 3.05) is 18.9 Å². The zero-order valence-electron chi connectivity index (χ0n) is 16.2. The number of fused-ring (bicyclic) bond motifs is 1. The normalized spacial score (nSPS) is 16.2. The van der Waals surface area contributed by atoms with Crippen LogP contribution < -0.4 is 11.1 Å². The van der Waals surface area contributed by atoms with E-state index in [1.54, 1.807) is 6.20 Å². The lowest BCUT2D eigenvalue weighted by Crippen LogP contribution is -2.36. The van der Waals surface area contributed by atoms with E-state index in [-0.39, 0.29) is 23.4 Å². The third-order valence-electron chi connectivity index (χ3n) is 5.00. The van der Waals surface area contributed by atoms with Gasteiger partial charge < -0.3 is 24.6 Å². The number of carbonyl (C=O) groups is 1. The minimum atomic E-state index is -0.393. The zero-order valence-corrected chi connectivity index (χ0v) is 16.2. The molecule has 0 saturated carbocycles. The average molecular weight is 405 g/mol. The van der Waals surface area contributed by atoms with Gasteiger partial charge in [0.2, 0.25) is 5.89 Å². The highest BCUT2D eigenvalue weighted by Gasteiger charge is 2.25.